The van der Waals surface area contributed by atoms with Crippen LogP contribution in [0.4, 0.5) is 5.69 Å². The second-order valence-corrected chi connectivity index (χ2v) is 35.7. The van der Waals surface area contributed by atoms with Crippen LogP contribution in [0.2, 0.25) is 0 Å². The van der Waals surface area contributed by atoms with Crippen LogP contribution in [0.25, 0.3) is 11.0 Å². The van der Waals surface area contributed by atoms with Gasteiger partial charge < -0.3 is 68.9 Å². The Balaban J connectivity index is 0.000000388. The summed E-state index contributed by atoms with van der Waals surface area (Å²) in [6.07, 6.45) is 16.1. The number of Topliss-reactive ketones (excluding diaryl/α,β-unsaturated/α-hetero) is 6. The summed E-state index contributed by atoms with van der Waals surface area (Å²) in [5.74, 6) is 6.84. The van der Waals surface area contributed by atoms with Crippen molar-refractivity contribution >= 4 is 51.4 Å². The van der Waals surface area contributed by atoms with Gasteiger partial charge in [-0.1, -0.05) is 195 Å². The highest BCUT2D eigenvalue weighted by Crippen LogP contribution is 2.29. The predicted molar refractivity (Wildman–Crippen MR) is 506 cm³/mol. The van der Waals surface area contributed by atoms with Crippen LogP contribution in [0.1, 0.15) is 262 Å². The Hall–Kier alpha value is -8.81. The van der Waals surface area contributed by atoms with E-state index in [1.165, 1.54) is 12.8 Å². The van der Waals surface area contributed by atoms with Gasteiger partial charge in [0.25, 0.3) is 0 Å². The molecule has 696 valence electrons. The van der Waals surface area contributed by atoms with E-state index in [1.807, 2.05) is 156 Å². The maximum atomic E-state index is 11.8. The summed E-state index contributed by atoms with van der Waals surface area (Å²) in [6, 6.07) is 37.4. The summed E-state index contributed by atoms with van der Waals surface area (Å²) in [6.45, 7) is 55.7. The molecule has 1 aliphatic rings. The van der Waals surface area contributed by atoms with Crippen molar-refractivity contribution in [3.05, 3.63) is 156 Å². The molecule has 1 saturated carbocycles. The van der Waals surface area contributed by atoms with Crippen LogP contribution in [0.15, 0.2) is 132 Å². The van der Waals surface area contributed by atoms with Gasteiger partial charge in [-0.05, 0) is 156 Å². The number of hydrogen-bond acceptors (Lipinski definition) is 23. The van der Waals surface area contributed by atoms with E-state index in [1.54, 1.807) is 48.9 Å². The van der Waals surface area contributed by atoms with Crippen molar-refractivity contribution in [1.29, 1.82) is 0 Å². The number of pyridine rings is 3. The Morgan fingerprint density at radius 1 is 0.416 bits per heavy atom. The summed E-state index contributed by atoms with van der Waals surface area (Å²) in [4.78, 5) is 82.1. The van der Waals surface area contributed by atoms with Gasteiger partial charge in [-0.2, -0.15) is 0 Å². The first-order chi connectivity index (χ1) is 59.4. The summed E-state index contributed by atoms with van der Waals surface area (Å²) in [5, 5.41) is 18.0. The largest absolute Gasteiger partial charge is 0.492 e. The van der Waals surface area contributed by atoms with Gasteiger partial charge in [0, 0.05) is 134 Å². The van der Waals surface area contributed by atoms with E-state index in [-0.39, 0.29) is 96.1 Å². The number of furan rings is 1. The molecule has 0 amide bonds. The summed E-state index contributed by atoms with van der Waals surface area (Å²) < 4.78 is 50.4. The normalized spacial score (nSPS) is 12.9. The van der Waals surface area contributed by atoms with Crippen LogP contribution in [0.5, 0.6) is 34.6 Å². The first-order valence-electron chi connectivity index (χ1n) is 45.8. The molecule has 0 spiro atoms. The zero-order valence-electron chi connectivity index (χ0n) is 80.4. The number of ether oxygens (including phenoxy) is 8. The number of anilines is 1. The van der Waals surface area contributed by atoms with Gasteiger partial charge in [0.15, 0.2) is 28.9 Å². The standard InChI is InChI=1S/C21H27NO3.C18H25NO2.C17H26N2O3.C16H26N2O2.C15H24N2O2.C15H30O3/c1-15(2)21(23)14-24-13-17-8-10-19(11-9-17)25-20-7-5-6-18(12-20)22-16(3)4;1-12(2)17(20)9-14-5-6-15-11-16(21-18(15)10-14)7-8-19-13(3)4;1-11(2)16(20)10-21-14-5-6-17(18-9-14)22-15-7-13(8-15)19-12(3)4;1-12(2)16(19)15-8-7-14(11-18-15)20-10-6-5-9-17-13(3)4;1-11(2)15(18)14-7-6-13(10-17-14)19-9-5-8-16-12(3)4;1-13(2)8-5-6-9-17-10-7-11-18-12-15(16)14(3)4/h5-12,15-16,22H,13-14H2,1-4H3;5-6,10-13,19H,7-9H2,1-4H3;5-6,9,11-13,15,19H,7-8,10H2,1-4H3;7-8,11-13,17H,5-6,9-10H2,1-4H3;6-7,10-12,16H,5,8-9H2,1-4H3;13-14H,5-12H2,1-4H3. The van der Waals surface area contributed by atoms with Gasteiger partial charge >= 0.3 is 0 Å². The van der Waals surface area contributed by atoms with Crippen molar-refractivity contribution in [1.82, 2.24) is 36.2 Å². The van der Waals surface area contributed by atoms with Crippen LogP contribution in [0.3, 0.4) is 0 Å². The third kappa shape index (κ3) is 51.6. The molecule has 23 nitrogen and oxygen atoms in total. The number of hydrogen-bond donors (Lipinski definition) is 5. The number of unbranched alkanes of at least 4 members (excludes halogenated alkanes) is 2. The van der Waals surface area contributed by atoms with Crippen molar-refractivity contribution in [2.24, 2.45) is 41.4 Å². The van der Waals surface area contributed by atoms with Crippen LogP contribution in [-0.2, 0) is 52.8 Å². The average molecular weight is 1740 g/mol. The van der Waals surface area contributed by atoms with Crippen LogP contribution >= 0.6 is 0 Å². The molecule has 0 atom stereocenters. The molecule has 8 rings (SSSR count). The van der Waals surface area contributed by atoms with Crippen molar-refractivity contribution < 1.29 is 71.1 Å². The summed E-state index contributed by atoms with van der Waals surface area (Å²) >= 11 is 0. The fourth-order valence-corrected chi connectivity index (χ4v) is 11.5. The second-order valence-electron chi connectivity index (χ2n) is 35.7. The monoisotopic (exact) mass is 1740 g/mol. The van der Waals surface area contributed by atoms with E-state index in [9.17, 15) is 28.8 Å². The lowest BCUT2D eigenvalue weighted by Gasteiger charge is -2.36. The number of nitrogens with one attached hydrogen (secondary N) is 5. The maximum Gasteiger partial charge on any atom is 0.213 e. The highest BCUT2D eigenvalue weighted by Gasteiger charge is 2.31. The Kier molecular flexibility index (Phi) is 55.8. The summed E-state index contributed by atoms with van der Waals surface area (Å²) in [7, 11) is 0. The average Bonchev–Trinajstić information content (AvgIpc) is 1.82. The second kappa shape index (κ2) is 63.2. The number of carbonyl (C=O) groups excluding carboxylic acids is 6. The number of ketones is 6. The Morgan fingerprint density at radius 3 is 1.45 bits per heavy atom. The molecule has 23 heteroatoms. The minimum absolute atomic E-state index is 0.0109. The molecule has 3 aromatic carbocycles. The molecule has 5 N–H and O–H groups in total. The molecule has 4 aromatic heterocycles. The molecule has 1 fully saturated rings. The van der Waals surface area contributed by atoms with Gasteiger partial charge in [0.05, 0.1) is 38.4 Å². The molecular formula is C102H158N8O15. The lowest BCUT2D eigenvalue weighted by molar-refractivity contribution is -0.127. The van der Waals surface area contributed by atoms with Gasteiger partial charge in [0.2, 0.25) is 5.88 Å². The van der Waals surface area contributed by atoms with E-state index < -0.39 is 0 Å². The maximum absolute atomic E-state index is 11.8. The highest BCUT2D eigenvalue weighted by molar-refractivity contribution is 5.96. The highest BCUT2D eigenvalue weighted by atomic mass is 16.5. The zero-order chi connectivity index (χ0) is 92.8. The minimum Gasteiger partial charge on any atom is -0.492 e. The van der Waals surface area contributed by atoms with Crippen LogP contribution in [0, 0.1) is 41.4 Å². The van der Waals surface area contributed by atoms with E-state index in [0.29, 0.717) is 97.9 Å². The first kappa shape index (κ1) is 110. The fourth-order valence-electron chi connectivity index (χ4n) is 11.5. The van der Waals surface area contributed by atoms with Gasteiger partial charge in [-0.25, -0.2) is 15.0 Å². The Bertz CT molecular complexity index is 4080. The third-order valence-electron chi connectivity index (χ3n) is 19.2. The molecule has 4 heterocycles. The predicted octanol–water partition coefficient (Wildman–Crippen LogP) is 20.6. The third-order valence-corrected chi connectivity index (χ3v) is 19.2. The van der Waals surface area contributed by atoms with E-state index in [4.69, 9.17) is 42.3 Å². The molecule has 0 saturated heterocycles. The molecule has 7 aromatic rings. The van der Waals surface area contributed by atoms with Crippen LogP contribution in [-0.4, -0.2) is 164 Å². The zero-order valence-corrected chi connectivity index (χ0v) is 80.4. The first-order valence-corrected chi connectivity index (χ1v) is 45.8. The molecule has 0 unspecified atom stereocenters. The van der Waals surface area contributed by atoms with Gasteiger partial charge in [0.1, 0.15) is 83.2 Å². The number of aromatic nitrogens is 3. The molecule has 0 radical (unpaired) electrons. The van der Waals surface area contributed by atoms with Crippen molar-refractivity contribution in [3.8, 4) is 34.6 Å². The minimum atomic E-state index is -0.0265. The molecule has 0 bridgehead atoms. The number of fused-ring (bicyclic) bond motifs is 1. The smallest absolute Gasteiger partial charge is 0.213 e. The molecule has 1 aliphatic carbocycles. The molecular weight excluding hydrogens is 1580 g/mol. The Morgan fingerprint density at radius 2 is 0.920 bits per heavy atom. The lowest BCUT2D eigenvalue weighted by Crippen LogP contribution is -2.49. The SMILES string of the molecule is CC(C)CCCCOCCCOCC(=O)C(C)C.CC(C)NC1CC(Oc2ccc(OCC(=O)C(C)C)cn2)C1.CC(C)NCCCCOc1ccc(C(=O)C(C)C)nc1.CC(C)NCCCOc1ccc(C(=O)C(C)C)nc1.CC(C)NCCc1cc2ccc(CC(=O)C(C)C)cc2o1.CC(C)Nc1cccc(Oc2ccc(COCC(=O)C(C)C)cc2)c1. The fraction of sp³-hybridized carbons (Fsp3) is 0.598. The lowest BCUT2D eigenvalue weighted by atomic mass is 9.89. The number of rotatable bonds is 53. The Labute approximate surface area is 750 Å². The van der Waals surface area contributed by atoms with E-state index in [0.717, 1.165) is 141 Å². The van der Waals surface area contributed by atoms with Crippen molar-refractivity contribution in [3.63, 3.8) is 0 Å². The molecule has 125 heavy (non-hydrogen) atoms. The summed E-state index contributed by atoms with van der Waals surface area (Å²) in [5.41, 5.74) is 4.97. The quantitative estimate of drug-likeness (QED) is 0.0175. The van der Waals surface area contributed by atoms with Crippen molar-refractivity contribution in [2.45, 2.75) is 286 Å². The number of benzene rings is 3. The van der Waals surface area contributed by atoms with Gasteiger partial charge in [-0.15, -0.1) is 0 Å². The van der Waals surface area contributed by atoms with Crippen LogP contribution < -0.4 is 50.3 Å². The topological polar surface area (TPSA) is 288 Å². The number of nitrogens with zero attached hydrogens (tertiary/aromatic N) is 3. The molecule has 0 aliphatic heterocycles. The number of carbonyl (C=O) groups is 6. The van der Waals surface area contributed by atoms with Crippen molar-refractivity contribution in [2.75, 3.05) is 77.8 Å². The van der Waals surface area contributed by atoms with Gasteiger partial charge in [-0.3, -0.25) is 28.8 Å². The van der Waals surface area contributed by atoms with E-state index >= 15 is 0 Å². The van der Waals surface area contributed by atoms with E-state index in [2.05, 4.69) is 131 Å².